The van der Waals surface area contributed by atoms with Crippen molar-refractivity contribution in [2.24, 2.45) is 5.73 Å². The Morgan fingerprint density at radius 2 is 2.06 bits per heavy atom. The number of rotatable bonds is 2. The first-order valence-corrected chi connectivity index (χ1v) is 5.10. The maximum Gasteiger partial charge on any atom is 0.573 e. The van der Waals surface area contributed by atoms with Crippen LogP contribution in [0.3, 0.4) is 0 Å². The molecule has 0 aliphatic carbocycles. The van der Waals surface area contributed by atoms with E-state index in [1.165, 1.54) is 12.1 Å². The Morgan fingerprint density at radius 1 is 1.44 bits per heavy atom. The number of thiocarbonyl (C=S) groups is 1. The maximum atomic E-state index is 12.0. The van der Waals surface area contributed by atoms with Gasteiger partial charge in [0.1, 0.15) is 0 Å². The van der Waals surface area contributed by atoms with E-state index in [1.807, 2.05) is 0 Å². The number of hydrogen-bond acceptors (Lipinski definition) is 2. The van der Waals surface area contributed by atoms with Crippen molar-refractivity contribution in [2.45, 2.75) is 6.36 Å². The van der Waals surface area contributed by atoms with Crippen molar-refractivity contribution < 1.29 is 17.9 Å². The first kappa shape index (κ1) is 13.0. The molecular weight excluding hydrogens is 309 g/mol. The molecule has 1 rings (SSSR count). The Morgan fingerprint density at radius 3 is 2.56 bits per heavy atom. The summed E-state index contributed by atoms with van der Waals surface area (Å²) in [6.07, 6.45) is -4.76. The zero-order chi connectivity index (χ0) is 12.3. The van der Waals surface area contributed by atoms with E-state index in [4.69, 9.17) is 5.73 Å². The van der Waals surface area contributed by atoms with E-state index in [-0.39, 0.29) is 10.8 Å². The van der Waals surface area contributed by atoms with Crippen molar-refractivity contribution in [3.63, 3.8) is 0 Å². The van der Waals surface area contributed by atoms with Crippen molar-refractivity contribution in [2.75, 3.05) is 5.32 Å². The van der Waals surface area contributed by atoms with E-state index in [1.54, 1.807) is 0 Å². The third kappa shape index (κ3) is 4.23. The van der Waals surface area contributed by atoms with Gasteiger partial charge in [-0.15, -0.1) is 13.2 Å². The summed E-state index contributed by atoms with van der Waals surface area (Å²) in [7, 11) is 0. The van der Waals surface area contributed by atoms with Gasteiger partial charge < -0.3 is 15.8 Å². The van der Waals surface area contributed by atoms with Gasteiger partial charge in [-0.3, -0.25) is 0 Å². The van der Waals surface area contributed by atoms with Crippen LogP contribution in [0.1, 0.15) is 0 Å². The maximum absolute atomic E-state index is 12.0. The Labute approximate surface area is 103 Å². The number of halogens is 4. The number of nitrogens with one attached hydrogen (secondary N) is 1. The smallest absolute Gasteiger partial charge is 0.404 e. The minimum absolute atomic E-state index is 0.0409. The topological polar surface area (TPSA) is 47.3 Å². The molecule has 0 saturated heterocycles. The summed E-state index contributed by atoms with van der Waals surface area (Å²) in [6.45, 7) is 0. The predicted molar refractivity (Wildman–Crippen MR) is 61.2 cm³/mol. The molecule has 0 unspecified atom stereocenters. The highest BCUT2D eigenvalue weighted by molar-refractivity contribution is 9.10. The van der Waals surface area contributed by atoms with Gasteiger partial charge in [-0.25, -0.2) is 0 Å². The molecule has 0 fully saturated rings. The SMILES string of the molecule is NC(=S)Nc1cc(Br)ccc1OC(F)(F)F. The lowest BCUT2D eigenvalue weighted by Gasteiger charge is -2.14. The van der Waals surface area contributed by atoms with E-state index in [0.29, 0.717) is 4.47 Å². The second kappa shape index (κ2) is 4.88. The van der Waals surface area contributed by atoms with E-state index in [0.717, 1.165) is 6.07 Å². The zero-order valence-corrected chi connectivity index (χ0v) is 10.0. The lowest BCUT2D eigenvalue weighted by Crippen LogP contribution is -2.22. The van der Waals surface area contributed by atoms with Gasteiger partial charge in [0, 0.05) is 4.47 Å². The number of anilines is 1. The molecule has 0 saturated carbocycles. The number of alkyl halides is 3. The molecule has 0 spiro atoms. The summed E-state index contributed by atoms with van der Waals surface area (Å²) >= 11 is 7.64. The molecule has 0 heterocycles. The van der Waals surface area contributed by atoms with Crippen molar-refractivity contribution >= 4 is 38.9 Å². The Balaban J connectivity index is 3.02. The molecule has 0 aliphatic rings. The predicted octanol–water partition coefficient (Wildman–Crippen LogP) is 3.00. The Hall–Kier alpha value is -1.02. The van der Waals surface area contributed by atoms with Crippen LogP contribution in [-0.4, -0.2) is 11.5 Å². The summed E-state index contributed by atoms with van der Waals surface area (Å²) in [5, 5.41) is 2.24. The van der Waals surface area contributed by atoms with Crippen LogP contribution < -0.4 is 15.8 Å². The highest BCUT2D eigenvalue weighted by Gasteiger charge is 2.32. The van der Waals surface area contributed by atoms with Gasteiger partial charge in [0.25, 0.3) is 0 Å². The molecule has 16 heavy (non-hydrogen) atoms. The van der Waals surface area contributed by atoms with Crippen molar-refractivity contribution in [3.8, 4) is 5.75 Å². The number of ether oxygens (including phenoxy) is 1. The fraction of sp³-hybridized carbons (Fsp3) is 0.125. The van der Waals surface area contributed by atoms with Gasteiger partial charge in [-0.1, -0.05) is 15.9 Å². The van der Waals surface area contributed by atoms with Crippen LogP contribution in [0.2, 0.25) is 0 Å². The first-order valence-electron chi connectivity index (χ1n) is 3.90. The lowest BCUT2D eigenvalue weighted by atomic mass is 10.3. The van der Waals surface area contributed by atoms with E-state index in [2.05, 4.69) is 38.2 Å². The molecule has 8 heteroatoms. The fourth-order valence-electron chi connectivity index (χ4n) is 0.946. The highest BCUT2D eigenvalue weighted by atomic mass is 79.9. The van der Waals surface area contributed by atoms with Gasteiger partial charge in [-0.2, -0.15) is 0 Å². The van der Waals surface area contributed by atoms with Crippen LogP contribution in [-0.2, 0) is 0 Å². The molecule has 0 aromatic heterocycles. The third-order valence-electron chi connectivity index (χ3n) is 1.43. The average Bonchev–Trinajstić information content (AvgIpc) is 2.06. The lowest BCUT2D eigenvalue weighted by molar-refractivity contribution is -0.274. The first-order chi connectivity index (χ1) is 7.28. The van der Waals surface area contributed by atoms with Crippen molar-refractivity contribution in [1.82, 2.24) is 0 Å². The van der Waals surface area contributed by atoms with Crippen LogP contribution in [0, 0.1) is 0 Å². The second-order valence-electron chi connectivity index (χ2n) is 2.68. The van der Waals surface area contributed by atoms with E-state index >= 15 is 0 Å². The molecule has 0 aliphatic heterocycles. The summed E-state index contributed by atoms with van der Waals surface area (Å²) in [6, 6.07) is 3.93. The zero-order valence-electron chi connectivity index (χ0n) is 7.64. The standard InChI is InChI=1S/C8H6BrF3N2OS/c9-4-1-2-6(15-8(10,11)12)5(3-4)14-7(13)16/h1-3H,(H3,13,14,16). The summed E-state index contributed by atoms with van der Waals surface area (Å²) < 4.78 is 40.5. The Bertz CT molecular complexity index is 411. The Kier molecular flexibility index (Phi) is 3.98. The van der Waals surface area contributed by atoms with Crippen LogP contribution in [0.15, 0.2) is 22.7 Å². The minimum atomic E-state index is -4.76. The van der Waals surface area contributed by atoms with Gasteiger partial charge in [-0.05, 0) is 30.4 Å². The summed E-state index contributed by atoms with van der Waals surface area (Å²) in [4.78, 5) is 0. The number of benzene rings is 1. The third-order valence-corrected chi connectivity index (χ3v) is 2.02. The summed E-state index contributed by atoms with van der Waals surface area (Å²) in [5.41, 5.74) is 5.22. The van der Waals surface area contributed by atoms with Gasteiger partial charge in [0.2, 0.25) is 0 Å². The molecule has 1 aromatic rings. The molecule has 0 amide bonds. The average molecular weight is 315 g/mol. The monoisotopic (exact) mass is 314 g/mol. The number of hydrogen-bond donors (Lipinski definition) is 2. The van der Waals surface area contributed by atoms with Crippen LogP contribution in [0.25, 0.3) is 0 Å². The van der Waals surface area contributed by atoms with Gasteiger partial charge in [0.05, 0.1) is 5.69 Å². The normalized spacial score (nSPS) is 11.0. The molecule has 3 nitrogen and oxygen atoms in total. The van der Waals surface area contributed by atoms with Crippen LogP contribution in [0.4, 0.5) is 18.9 Å². The van der Waals surface area contributed by atoms with Crippen LogP contribution in [0.5, 0.6) is 5.75 Å². The van der Waals surface area contributed by atoms with Crippen molar-refractivity contribution in [3.05, 3.63) is 22.7 Å². The summed E-state index contributed by atoms with van der Waals surface area (Å²) in [5.74, 6) is -0.400. The van der Waals surface area contributed by atoms with E-state index < -0.39 is 12.1 Å². The fourth-order valence-corrected chi connectivity index (χ4v) is 1.42. The van der Waals surface area contributed by atoms with Gasteiger partial charge >= 0.3 is 6.36 Å². The molecule has 3 N–H and O–H groups in total. The molecule has 0 bridgehead atoms. The quantitative estimate of drug-likeness (QED) is 0.824. The second-order valence-corrected chi connectivity index (χ2v) is 4.03. The minimum Gasteiger partial charge on any atom is -0.404 e. The largest absolute Gasteiger partial charge is 0.573 e. The molecule has 0 radical (unpaired) electrons. The molecule has 1 aromatic carbocycles. The molecule has 0 atom stereocenters. The van der Waals surface area contributed by atoms with Gasteiger partial charge in [0.15, 0.2) is 10.9 Å². The highest BCUT2D eigenvalue weighted by Crippen LogP contribution is 2.32. The van der Waals surface area contributed by atoms with Crippen molar-refractivity contribution in [1.29, 1.82) is 0 Å². The van der Waals surface area contributed by atoms with E-state index in [9.17, 15) is 13.2 Å². The van der Waals surface area contributed by atoms with Crippen LogP contribution >= 0.6 is 28.1 Å². The number of nitrogens with two attached hydrogens (primary N) is 1. The molecule has 88 valence electrons. The molecular formula is C8H6BrF3N2OS.